The molecule has 4 nitrogen and oxygen atoms in total. The summed E-state index contributed by atoms with van der Waals surface area (Å²) in [7, 11) is 0. The largest absolute Gasteiger partial charge is 0.339 e. The molecule has 1 saturated heterocycles. The molecule has 0 saturated carbocycles. The van der Waals surface area contributed by atoms with E-state index < -0.39 is 46.6 Å². The van der Waals surface area contributed by atoms with E-state index in [9.17, 15) is 31.5 Å². The Morgan fingerprint density at radius 2 is 1.40 bits per heavy atom. The Bertz CT molecular complexity index is 694. The lowest BCUT2D eigenvalue weighted by Gasteiger charge is -2.40. The summed E-state index contributed by atoms with van der Waals surface area (Å²) in [6.07, 6.45) is 0. The number of carbonyl (C=O) groups excluding carboxylic acids is 2. The van der Waals surface area contributed by atoms with Gasteiger partial charge in [0.2, 0.25) is 11.7 Å². The van der Waals surface area contributed by atoms with Crippen LogP contribution in [-0.2, 0) is 4.79 Å². The molecule has 9 heteroatoms. The maximum Gasteiger partial charge on any atom is 0.260 e. The van der Waals surface area contributed by atoms with Crippen molar-refractivity contribution in [3.05, 3.63) is 34.6 Å². The van der Waals surface area contributed by atoms with E-state index in [1.165, 1.54) is 11.8 Å². The van der Waals surface area contributed by atoms with E-state index in [2.05, 4.69) is 0 Å². The summed E-state index contributed by atoms with van der Waals surface area (Å²) < 4.78 is 67.3. The van der Waals surface area contributed by atoms with Crippen LogP contribution in [0.4, 0.5) is 22.0 Å². The van der Waals surface area contributed by atoms with Gasteiger partial charge < -0.3 is 9.80 Å². The summed E-state index contributed by atoms with van der Waals surface area (Å²) >= 11 is 0. The lowest BCUT2D eigenvalue weighted by atomic mass is 10.1. The molecule has 1 aromatic rings. The fraction of sp³-hybridized carbons (Fsp3) is 0.500. The highest BCUT2D eigenvalue weighted by atomic mass is 19.2. The monoisotopic (exact) mass is 364 g/mol. The first-order valence-corrected chi connectivity index (χ1v) is 7.69. The minimum atomic E-state index is -2.31. The predicted octanol–water partition coefficient (Wildman–Crippen LogP) is 2.71. The summed E-state index contributed by atoms with van der Waals surface area (Å²) in [6.45, 7) is 5.10. The highest BCUT2D eigenvalue weighted by molar-refractivity contribution is 5.95. The van der Waals surface area contributed by atoms with E-state index >= 15 is 0 Å². The Morgan fingerprint density at radius 1 is 0.920 bits per heavy atom. The van der Waals surface area contributed by atoms with Crippen molar-refractivity contribution in [2.45, 2.75) is 26.8 Å². The van der Waals surface area contributed by atoms with Crippen LogP contribution in [0.25, 0.3) is 0 Å². The van der Waals surface area contributed by atoms with Gasteiger partial charge in [-0.25, -0.2) is 22.0 Å². The van der Waals surface area contributed by atoms with Crippen LogP contribution in [0.15, 0.2) is 0 Å². The number of amides is 2. The molecule has 0 aliphatic carbocycles. The van der Waals surface area contributed by atoms with E-state index in [4.69, 9.17) is 0 Å². The fourth-order valence-corrected chi connectivity index (χ4v) is 2.76. The van der Waals surface area contributed by atoms with Crippen LogP contribution in [0.5, 0.6) is 0 Å². The van der Waals surface area contributed by atoms with E-state index in [1.54, 1.807) is 13.8 Å². The van der Waals surface area contributed by atoms with Crippen molar-refractivity contribution in [3.8, 4) is 0 Å². The SMILES string of the molecule is CC(C)C(=O)N1CCN(C(=O)c2c(F)c(F)c(F)c(F)c2F)C(C)C1. The minimum absolute atomic E-state index is 0.0715. The Morgan fingerprint density at radius 3 is 1.84 bits per heavy atom. The summed E-state index contributed by atoms with van der Waals surface area (Å²) in [5, 5.41) is 0. The zero-order valence-corrected chi connectivity index (χ0v) is 13.9. The highest BCUT2D eigenvalue weighted by Gasteiger charge is 2.36. The van der Waals surface area contributed by atoms with Gasteiger partial charge in [0.05, 0.1) is 0 Å². The summed E-state index contributed by atoms with van der Waals surface area (Å²) in [6, 6.07) is -0.640. The molecule has 1 fully saturated rings. The molecule has 0 bridgehead atoms. The van der Waals surface area contributed by atoms with Gasteiger partial charge in [0.15, 0.2) is 23.3 Å². The maximum absolute atomic E-state index is 13.8. The van der Waals surface area contributed by atoms with Gasteiger partial charge in [-0.05, 0) is 6.92 Å². The average molecular weight is 364 g/mol. The number of benzene rings is 1. The van der Waals surface area contributed by atoms with Crippen LogP contribution < -0.4 is 0 Å². The molecule has 2 rings (SSSR count). The molecule has 1 atom stereocenters. The number of hydrogen-bond donors (Lipinski definition) is 0. The smallest absolute Gasteiger partial charge is 0.260 e. The summed E-state index contributed by atoms with van der Waals surface area (Å²) in [5.74, 6) is -12.7. The van der Waals surface area contributed by atoms with Crippen molar-refractivity contribution >= 4 is 11.8 Å². The Hall–Kier alpha value is -2.19. The van der Waals surface area contributed by atoms with Gasteiger partial charge in [-0.1, -0.05) is 13.8 Å². The number of nitrogens with zero attached hydrogens (tertiary/aromatic N) is 2. The number of halogens is 5. The van der Waals surface area contributed by atoms with Gasteiger partial charge in [-0.15, -0.1) is 0 Å². The molecule has 0 spiro atoms. The van der Waals surface area contributed by atoms with Gasteiger partial charge in [-0.3, -0.25) is 9.59 Å². The van der Waals surface area contributed by atoms with Crippen LogP contribution in [-0.4, -0.2) is 47.3 Å². The zero-order chi connectivity index (χ0) is 19.0. The van der Waals surface area contributed by atoms with Gasteiger partial charge >= 0.3 is 0 Å². The summed E-state index contributed by atoms with van der Waals surface area (Å²) in [5.41, 5.74) is -1.48. The standard InChI is InChI=1S/C16H17F5N2O2/c1-7(2)15(24)22-4-5-23(8(3)6-22)16(25)9-10(17)12(19)14(21)13(20)11(9)18/h7-8H,4-6H2,1-3H3. The van der Waals surface area contributed by atoms with Gasteiger partial charge in [-0.2, -0.15) is 0 Å². The number of carbonyl (C=O) groups is 2. The minimum Gasteiger partial charge on any atom is -0.339 e. The predicted molar refractivity (Wildman–Crippen MR) is 78.1 cm³/mol. The molecule has 1 aliphatic rings. The van der Waals surface area contributed by atoms with Crippen molar-refractivity contribution < 1.29 is 31.5 Å². The van der Waals surface area contributed by atoms with Crippen LogP contribution in [0.3, 0.4) is 0 Å². The second-order valence-electron chi connectivity index (χ2n) is 6.23. The van der Waals surface area contributed by atoms with E-state index in [0.29, 0.717) is 0 Å². The van der Waals surface area contributed by atoms with Gasteiger partial charge in [0.25, 0.3) is 5.91 Å². The molecule has 1 aliphatic heterocycles. The lowest BCUT2D eigenvalue weighted by molar-refractivity contribution is -0.136. The van der Waals surface area contributed by atoms with Crippen molar-refractivity contribution in [2.24, 2.45) is 5.92 Å². The van der Waals surface area contributed by atoms with Crippen molar-refractivity contribution in [1.82, 2.24) is 9.80 Å². The number of hydrogen-bond acceptors (Lipinski definition) is 2. The second-order valence-corrected chi connectivity index (χ2v) is 6.23. The molecule has 25 heavy (non-hydrogen) atoms. The van der Waals surface area contributed by atoms with Crippen LogP contribution in [0.2, 0.25) is 0 Å². The number of rotatable bonds is 2. The van der Waals surface area contributed by atoms with E-state index in [-0.39, 0.29) is 31.5 Å². The van der Waals surface area contributed by atoms with E-state index in [0.717, 1.165) is 4.90 Å². The molecule has 0 aromatic heterocycles. The molecule has 0 radical (unpaired) electrons. The highest BCUT2D eigenvalue weighted by Crippen LogP contribution is 2.25. The van der Waals surface area contributed by atoms with Crippen molar-refractivity contribution in [1.29, 1.82) is 0 Å². The van der Waals surface area contributed by atoms with E-state index in [1.807, 2.05) is 0 Å². The topological polar surface area (TPSA) is 40.6 Å². The quantitative estimate of drug-likeness (QED) is 0.460. The van der Waals surface area contributed by atoms with Gasteiger partial charge in [0.1, 0.15) is 5.56 Å². The maximum atomic E-state index is 13.8. The third-order valence-corrected chi connectivity index (χ3v) is 4.12. The molecule has 1 aromatic carbocycles. The normalized spacial score (nSPS) is 18.0. The molecule has 1 unspecified atom stereocenters. The average Bonchev–Trinajstić information content (AvgIpc) is 2.57. The molecule has 138 valence electrons. The Kier molecular flexibility index (Phi) is 5.34. The summed E-state index contributed by atoms with van der Waals surface area (Å²) in [4.78, 5) is 26.9. The molecular weight excluding hydrogens is 347 g/mol. The second kappa shape index (κ2) is 6.97. The third-order valence-electron chi connectivity index (χ3n) is 4.12. The first-order valence-electron chi connectivity index (χ1n) is 7.69. The zero-order valence-electron chi connectivity index (χ0n) is 13.9. The van der Waals surface area contributed by atoms with Crippen LogP contribution in [0, 0.1) is 35.0 Å². The fourth-order valence-electron chi connectivity index (χ4n) is 2.76. The third kappa shape index (κ3) is 3.32. The van der Waals surface area contributed by atoms with Gasteiger partial charge in [0, 0.05) is 31.6 Å². The van der Waals surface area contributed by atoms with Crippen LogP contribution >= 0.6 is 0 Å². The lowest BCUT2D eigenvalue weighted by Crippen LogP contribution is -2.56. The molecular formula is C16H17F5N2O2. The Balaban J connectivity index is 2.30. The molecule has 1 heterocycles. The molecule has 2 amide bonds. The Labute approximate surface area is 141 Å². The first kappa shape index (κ1) is 19.1. The van der Waals surface area contributed by atoms with Crippen molar-refractivity contribution in [3.63, 3.8) is 0 Å². The first-order chi connectivity index (χ1) is 11.6. The number of piperazine rings is 1. The van der Waals surface area contributed by atoms with Crippen molar-refractivity contribution in [2.75, 3.05) is 19.6 Å². The molecule has 0 N–H and O–H groups in total. The van der Waals surface area contributed by atoms with Crippen LogP contribution in [0.1, 0.15) is 31.1 Å².